The van der Waals surface area contributed by atoms with Crippen molar-refractivity contribution in [2.24, 2.45) is 17.8 Å². The molecule has 2 aliphatic carbocycles. The minimum Gasteiger partial charge on any atom is -0.508 e. The molecule has 3 fully saturated rings. The van der Waals surface area contributed by atoms with Gasteiger partial charge in [0.2, 0.25) is 0 Å². The number of aliphatic hydroxyl groups is 2. The number of ether oxygens (including phenoxy) is 2. The number of fused-ring (bicyclic) bond motifs is 2. The first kappa shape index (κ1) is 15.4. The third kappa shape index (κ3) is 2.56. The van der Waals surface area contributed by atoms with Crippen molar-refractivity contribution in [3.8, 4) is 5.75 Å². The van der Waals surface area contributed by atoms with E-state index in [4.69, 9.17) is 9.47 Å². The molecule has 1 heterocycles. The van der Waals surface area contributed by atoms with Crippen molar-refractivity contribution in [1.29, 1.82) is 0 Å². The summed E-state index contributed by atoms with van der Waals surface area (Å²) in [6, 6.07) is 6.66. The summed E-state index contributed by atoms with van der Waals surface area (Å²) in [5.74, 6) is 0.734. The molecule has 23 heavy (non-hydrogen) atoms. The molecule has 0 aromatic heterocycles. The topological polar surface area (TPSA) is 79.2 Å². The van der Waals surface area contributed by atoms with Crippen molar-refractivity contribution >= 4 is 0 Å². The van der Waals surface area contributed by atoms with Gasteiger partial charge in [0, 0.05) is 12.3 Å². The van der Waals surface area contributed by atoms with E-state index < -0.39 is 11.9 Å². The highest BCUT2D eigenvalue weighted by molar-refractivity contribution is 5.27. The number of hydrogen-bond acceptors (Lipinski definition) is 5. The van der Waals surface area contributed by atoms with Gasteiger partial charge in [-0.05, 0) is 48.8 Å². The molecule has 3 N–H and O–H groups in total. The fourth-order valence-corrected chi connectivity index (χ4v) is 4.73. The van der Waals surface area contributed by atoms with Gasteiger partial charge in [-0.25, -0.2) is 0 Å². The van der Waals surface area contributed by atoms with Gasteiger partial charge in [0.05, 0.1) is 25.4 Å². The van der Waals surface area contributed by atoms with E-state index >= 15 is 0 Å². The minimum absolute atomic E-state index is 0.200. The van der Waals surface area contributed by atoms with Crippen molar-refractivity contribution in [1.82, 2.24) is 0 Å². The summed E-state index contributed by atoms with van der Waals surface area (Å²) < 4.78 is 11.6. The van der Waals surface area contributed by atoms with Crippen LogP contribution in [0.5, 0.6) is 5.75 Å². The molecule has 2 saturated carbocycles. The number of phenols is 1. The van der Waals surface area contributed by atoms with E-state index in [-0.39, 0.29) is 17.8 Å². The van der Waals surface area contributed by atoms with Crippen molar-refractivity contribution in [3.05, 3.63) is 29.8 Å². The van der Waals surface area contributed by atoms with Crippen LogP contribution >= 0.6 is 0 Å². The first-order chi connectivity index (χ1) is 11.1. The Morgan fingerprint density at radius 3 is 2.57 bits per heavy atom. The van der Waals surface area contributed by atoms with Crippen molar-refractivity contribution < 1.29 is 24.8 Å². The maximum absolute atomic E-state index is 10.4. The molecule has 5 unspecified atom stereocenters. The average molecular weight is 320 g/mol. The van der Waals surface area contributed by atoms with Gasteiger partial charge < -0.3 is 24.8 Å². The lowest BCUT2D eigenvalue weighted by molar-refractivity contribution is -0.272. The van der Waals surface area contributed by atoms with Gasteiger partial charge in [-0.1, -0.05) is 12.1 Å². The zero-order chi connectivity index (χ0) is 16.0. The Balaban J connectivity index is 1.35. The lowest BCUT2D eigenvalue weighted by Crippen LogP contribution is -2.53. The summed E-state index contributed by atoms with van der Waals surface area (Å²) in [6.07, 6.45) is 2.13. The van der Waals surface area contributed by atoms with Gasteiger partial charge in [0.1, 0.15) is 5.75 Å². The van der Waals surface area contributed by atoms with Crippen LogP contribution in [-0.2, 0) is 9.47 Å². The molecule has 5 nitrogen and oxygen atoms in total. The predicted octanol–water partition coefficient (Wildman–Crippen LogP) is 1.97. The Labute approximate surface area is 135 Å². The fourth-order valence-electron chi connectivity index (χ4n) is 4.73. The van der Waals surface area contributed by atoms with E-state index in [1.54, 1.807) is 24.3 Å². The third-order valence-electron chi connectivity index (χ3n) is 5.97. The predicted molar refractivity (Wildman–Crippen MR) is 82.6 cm³/mol. The van der Waals surface area contributed by atoms with Crippen LogP contribution in [0.4, 0.5) is 0 Å². The second-order valence-electron chi connectivity index (χ2n) is 7.13. The molecule has 4 rings (SSSR count). The Kier molecular flexibility index (Phi) is 3.84. The van der Waals surface area contributed by atoms with Crippen LogP contribution in [0, 0.1) is 17.8 Å². The molecule has 126 valence electrons. The Morgan fingerprint density at radius 2 is 1.87 bits per heavy atom. The number of rotatable bonds is 4. The van der Waals surface area contributed by atoms with Crippen LogP contribution in [-0.4, -0.2) is 40.4 Å². The molecular weight excluding hydrogens is 296 g/mol. The molecule has 1 saturated heterocycles. The SMILES string of the molecule is Oc1ccc(C(O)CCC2C(O)CC3C2CC32OCCO2)cc1. The highest BCUT2D eigenvalue weighted by atomic mass is 16.7. The quantitative estimate of drug-likeness (QED) is 0.790. The monoisotopic (exact) mass is 320 g/mol. The smallest absolute Gasteiger partial charge is 0.171 e. The largest absolute Gasteiger partial charge is 0.508 e. The van der Waals surface area contributed by atoms with E-state index in [2.05, 4.69) is 0 Å². The minimum atomic E-state index is -0.560. The molecular formula is C18H24O5. The second-order valence-corrected chi connectivity index (χ2v) is 7.13. The van der Waals surface area contributed by atoms with E-state index in [0.717, 1.165) is 24.8 Å². The van der Waals surface area contributed by atoms with Gasteiger partial charge in [0.25, 0.3) is 0 Å². The molecule has 5 heteroatoms. The molecule has 5 atom stereocenters. The summed E-state index contributed by atoms with van der Waals surface area (Å²) in [5, 5.41) is 30.0. The molecule has 0 bridgehead atoms. The zero-order valence-electron chi connectivity index (χ0n) is 13.1. The summed E-state index contributed by atoms with van der Waals surface area (Å²) in [7, 11) is 0. The zero-order valence-corrected chi connectivity index (χ0v) is 13.1. The molecule has 1 aromatic carbocycles. The van der Waals surface area contributed by atoms with Gasteiger partial charge in [-0.3, -0.25) is 0 Å². The second kappa shape index (κ2) is 5.74. The third-order valence-corrected chi connectivity index (χ3v) is 5.97. The van der Waals surface area contributed by atoms with E-state index in [0.29, 0.717) is 31.5 Å². The number of aromatic hydroxyl groups is 1. The average Bonchev–Trinajstić information content (AvgIpc) is 3.12. The van der Waals surface area contributed by atoms with Crippen LogP contribution in [0.15, 0.2) is 24.3 Å². The summed E-state index contributed by atoms with van der Waals surface area (Å²) >= 11 is 0. The molecule has 0 amide bonds. The summed E-state index contributed by atoms with van der Waals surface area (Å²) in [5.41, 5.74) is 0.805. The number of aliphatic hydroxyl groups excluding tert-OH is 2. The Bertz CT molecular complexity index is 551. The normalized spacial score (nSPS) is 35.9. The fraction of sp³-hybridized carbons (Fsp3) is 0.667. The number of benzene rings is 1. The van der Waals surface area contributed by atoms with Crippen LogP contribution in [0.2, 0.25) is 0 Å². The van der Waals surface area contributed by atoms with Crippen molar-refractivity contribution in [3.63, 3.8) is 0 Å². The first-order valence-corrected chi connectivity index (χ1v) is 8.52. The highest BCUT2D eigenvalue weighted by Gasteiger charge is 2.64. The molecule has 3 aliphatic rings. The molecule has 1 aliphatic heterocycles. The lowest BCUT2D eigenvalue weighted by atomic mass is 9.66. The van der Waals surface area contributed by atoms with Gasteiger partial charge in [0.15, 0.2) is 5.79 Å². The summed E-state index contributed by atoms with van der Waals surface area (Å²) in [6.45, 7) is 1.31. The first-order valence-electron chi connectivity index (χ1n) is 8.52. The number of hydrogen-bond donors (Lipinski definition) is 3. The molecule has 0 radical (unpaired) electrons. The van der Waals surface area contributed by atoms with E-state index in [1.807, 2.05) is 0 Å². The van der Waals surface area contributed by atoms with Crippen molar-refractivity contribution in [2.75, 3.05) is 13.2 Å². The van der Waals surface area contributed by atoms with E-state index in [1.165, 1.54) is 0 Å². The standard InChI is InChI=1S/C18H24O5/c19-12-3-1-11(2-4-12)16(20)6-5-13-14-10-18(22-7-8-23-18)15(14)9-17(13)21/h1-4,13-17,19-21H,5-10H2. The maximum atomic E-state index is 10.4. The Hall–Kier alpha value is -1.14. The summed E-state index contributed by atoms with van der Waals surface area (Å²) in [4.78, 5) is 0. The van der Waals surface area contributed by atoms with Crippen LogP contribution in [0.25, 0.3) is 0 Å². The van der Waals surface area contributed by atoms with Gasteiger partial charge in [-0.2, -0.15) is 0 Å². The van der Waals surface area contributed by atoms with Crippen LogP contribution in [0.3, 0.4) is 0 Å². The molecule has 1 spiro atoms. The van der Waals surface area contributed by atoms with E-state index in [9.17, 15) is 15.3 Å². The van der Waals surface area contributed by atoms with Crippen LogP contribution < -0.4 is 0 Å². The number of phenolic OH excluding ortho intramolecular Hbond substituents is 1. The van der Waals surface area contributed by atoms with Crippen LogP contribution in [0.1, 0.15) is 37.4 Å². The van der Waals surface area contributed by atoms with Gasteiger partial charge >= 0.3 is 0 Å². The van der Waals surface area contributed by atoms with Crippen molar-refractivity contribution in [2.45, 2.75) is 43.7 Å². The lowest BCUT2D eigenvalue weighted by Gasteiger charge is -2.49. The van der Waals surface area contributed by atoms with Gasteiger partial charge in [-0.15, -0.1) is 0 Å². The molecule has 1 aromatic rings. The highest BCUT2D eigenvalue weighted by Crippen LogP contribution is 2.60. The Morgan fingerprint density at radius 1 is 1.17 bits per heavy atom. The maximum Gasteiger partial charge on any atom is 0.171 e.